The van der Waals surface area contributed by atoms with Gasteiger partial charge < -0.3 is 5.11 Å². The van der Waals surface area contributed by atoms with E-state index in [1.54, 1.807) is 23.1 Å². The van der Waals surface area contributed by atoms with E-state index in [-0.39, 0.29) is 6.54 Å². The van der Waals surface area contributed by atoms with Crippen molar-refractivity contribution >= 4 is 11.5 Å². The van der Waals surface area contributed by atoms with Crippen LogP contribution in [0.1, 0.15) is 32.7 Å². The molecule has 0 saturated heterocycles. The number of aliphatic carboxylic acids is 1. The largest absolute Gasteiger partial charge is 0.480 e. The molecule has 144 valence electrons. The first-order chi connectivity index (χ1) is 13.6. The van der Waals surface area contributed by atoms with Gasteiger partial charge in [-0.15, -0.1) is 0 Å². The van der Waals surface area contributed by atoms with Gasteiger partial charge >= 0.3 is 5.97 Å². The first kappa shape index (κ1) is 17.9. The summed E-state index contributed by atoms with van der Waals surface area (Å²) in [4.78, 5) is 15.7. The Morgan fingerprint density at radius 2 is 1.86 bits per heavy atom. The highest BCUT2D eigenvalue weighted by molar-refractivity contribution is 5.78. The molecule has 4 aromatic heterocycles. The average molecular weight is 379 g/mol. The Balaban J connectivity index is 1.78. The van der Waals surface area contributed by atoms with Gasteiger partial charge in [-0.2, -0.15) is 15.3 Å². The first-order valence-corrected chi connectivity index (χ1v) is 9.22. The number of hydrogen-bond donors (Lipinski definition) is 1. The number of carboxylic acids is 1. The van der Waals surface area contributed by atoms with E-state index in [4.69, 9.17) is 10.1 Å². The van der Waals surface area contributed by atoms with Gasteiger partial charge in [0.1, 0.15) is 6.54 Å². The summed E-state index contributed by atoms with van der Waals surface area (Å²) >= 11 is 0. The number of aromatic nitrogens is 7. The molecule has 0 bridgehead atoms. The smallest absolute Gasteiger partial charge is 0.325 e. The molecule has 0 aromatic carbocycles. The van der Waals surface area contributed by atoms with Gasteiger partial charge in [0.05, 0.1) is 47.7 Å². The first-order valence-electron chi connectivity index (χ1n) is 9.22. The summed E-state index contributed by atoms with van der Waals surface area (Å²) < 4.78 is 5.12. The highest BCUT2D eigenvalue weighted by Crippen LogP contribution is 2.27. The summed E-state index contributed by atoms with van der Waals surface area (Å²) in [6.45, 7) is 4.11. The van der Waals surface area contributed by atoms with E-state index in [0.717, 1.165) is 35.2 Å². The maximum atomic E-state index is 10.9. The minimum atomic E-state index is -0.945. The van der Waals surface area contributed by atoms with Crippen molar-refractivity contribution in [3.05, 3.63) is 43.2 Å². The molecular weight excluding hydrogens is 358 g/mol. The molecule has 0 aliphatic carbocycles. The molecule has 0 atom stereocenters. The third-order valence-electron chi connectivity index (χ3n) is 4.81. The Bertz CT molecular complexity index is 1120. The third-order valence-corrected chi connectivity index (χ3v) is 4.81. The van der Waals surface area contributed by atoms with Crippen LogP contribution in [0.25, 0.3) is 28.0 Å². The summed E-state index contributed by atoms with van der Waals surface area (Å²) in [5.41, 5.74) is 3.96. The predicted molar refractivity (Wildman–Crippen MR) is 103 cm³/mol. The van der Waals surface area contributed by atoms with Crippen LogP contribution in [0.5, 0.6) is 0 Å². The summed E-state index contributed by atoms with van der Waals surface area (Å²) in [7, 11) is 0. The van der Waals surface area contributed by atoms with Crippen molar-refractivity contribution in [2.24, 2.45) is 0 Å². The second kappa shape index (κ2) is 7.26. The number of carboxylic acid groups (broad SMARTS) is 1. The molecule has 0 aliphatic rings. The lowest BCUT2D eigenvalue weighted by Crippen LogP contribution is -2.08. The van der Waals surface area contributed by atoms with Crippen LogP contribution < -0.4 is 0 Å². The molecule has 28 heavy (non-hydrogen) atoms. The zero-order chi connectivity index (χ0) is 19.7. The van der Waals surface area contributed by atoms with Gasteiger partial charge in [0.2, 0.25) is 0 Å². The normalized spacial score (nSPS) is 11.5. The Kier molecular flexibility index (Phi) is 4.64. The SMILES string of the molecule is CCC(CC)n1cc(-c2nc(-c3cnn(CC(=O)O)c3)cn3nccc23)cn1. The van der Waals surface area contributed by atoms with Crippen molar-refractivity contribution in [3.8, 4) is 22.5 Å². The second-order valence-corrected chi connectivity index (χ2v) is 6.64. The molecule has 0 spiro atoms. The molecule has 9 nitrogen and oxygen atoms in total. The summed E-state index contributed by atoms with van der Waals surface area (Å²) in [6.07, 6.45) is 12.7. The fraction of sp³-hybridized carbons (Fsp3) is 0.316. The van der Waals surface area contributed by atoms with E-state index < -0.39 is 5.97 Å². The predicted octanol–water partition coefficient (Wildman–Crippen LogP) is 2.90. The van der Waals surface area contributed by atoms with Crippen LogP contribution in [-0.4, -0.2) is 45.2 Å². The van der Waals surface area contributed by atoms with Crippen molar-refractivity contribution in [1.82, 2.24) is 34.2 Å². The number of nitrogens with zero attached hydrogens (tertiary/aromatic N) is 7. The molecule has 4 rings (SSSR count). The molecular formula is C19H21N7O2. The second-order valence-electron chi connectivity index (χ2n) is 6.64. The van der Waals surface area contributed by atoms with Crippen molar-refractivity contribution in [2.75, 3.05) is 0 Å². The average Bonchev–Trinajstić information content (AvgIpc) is 3.42. The van der Waals surface area contributed by atoms with E-state index in [1.165, 1.54) is 4.68 Å². The molecule has 4 aromatic rings. The van der Waals surface area contributed by atoms with Gasteiger partial charge in [-0.05, 0) is 18.9 Å². The van der Waals surface area contributed by atoms with E-state index in [9.17, 15) is 4.79 Å². The van der Waals surface area contributed by atoms with Crippen LogP contribution in [0.4, 0.5) is 0 Å². The molecule has 1 N–H and O–H groups in total. The van der Waals surface area contributed by atoms with Crippen molar-refractivity contribution in [1.29, 1.82) is 0 Å². The zero-order valence-electron chi connectivity index (χ0n) is 15.7. The third kappa shape index (κ3) is 3.26. The number of carbonyl (C=O) groups is 1. The minimum absolute atomic E-state index is 0.195. The van der Waals surface area contributed by atoms with Crippen molar-refractivity contribution < 1.29 is 9.90 Å². The van der Waals surface area contributed by atoms with Crippen molar-refractivity contribution in [3.63, 3.8) is 0 Å². The quantitative estimate of drug-likeness (QED) is 0.530. The van der Waals surface area contributed by atoms with E-state index in [1.807, 2.05) is 29.3 Å². The lowest BCUT2D eigenvalue weighted by atomic mass is 10.1. The molecule has 0 aliphatic heterocycles. The van der Waals surface area contributed by atoms with Crippen LogP contribution in [-0.2, 0) is 11.3 Å². The van der Waals surface area contributed by atoms with E-state index in [2.05, 4.69) is 29.1 Å². The van der Waals surface area contributed by atoms with Crippen LogP contribution in [0.2, 0.25) is 0 Å². The van der Waals surface area contributed by atoms with Gasteiger partial charge in [-0.1, -0.05) is 13.8 Å². The lowest BCUT2D eigenvalue weighted by molar-refractivity contribution is -0.137. The van der Waals surface area contributed by atoms with Gasteiger partial charge in [0, 0.05) is 23.5 Å². The highest BCUT2D eigenvalue weighted by atomic mass is 16.4. The summed E-state index contributed by atoms with van der Waals surface area (Å²) in [6, 6.07) is 2.26. The van der Waals surface area contributed by atoms with Crippen LogP contribution >= 0.6 is 0 Å². The van der Waals surface area contributed by atoms with Gasteiger partial charge in [0.15, 0.2) is 0 Å². The minimum Gasteiger partial charge on any atom is -0.480 e. The fourth-order valence-electron chi connectivity index (χ4n) is 3.32. The van der Waals surface area contributed by atoms with Crippen LogP contribution in [0.3, 0.4) is 0 Å². The van der Waals surface area contributed by atoms with E-state index >= 15 is 0 Å². The molecule has 9 heteroatoms. The van der Waals surface area contributed by atoms with Gasteiger partial charge in [-0.3, -0.25) is 14.2 Å². The number of hydrogen-bond acceptors (Lipinski definition) is 5. The topological polar surface area (TPSA) is 103 Å². The molecule has 4 heterocycles. The maximum Gasteiger partial charge on any atom is 0.325 e. The molecule has 0 radical (unpaired) electrons. The number of rotatable bonds is 7. The monoisotopic (exact) mass is 379 g/mol. The molecule has 0 fully saturated rings. The Morgan fingerprint density at radius 3 is 2.61 bits per heavy atom. The van der Waals surface area contributed by atoms with Crippen LogP contribution in [0, 0.1) is 0 Å². The molecule has 0 saturated carbocycles. The molecule has 0 unspecified atom stereocenters. The Morgan fingerprint density at radius 1 is 1.07 bits per heavy atom. The van der Waals surface area contributed by atoms with E-state index in [0.29, 0.717) is 11.7 Å². The standard InChI is InChI=1S/C19H21N7O2/c1-3-15(4-2)25-10-14(8-22-25)19-17-5-6-20-26(17)11-16(23-19)13-7-21-24(9-13)12-18(27)28/h5-11,15H,3-4,12H2,1-2H3,(H,27,28). The summed E-state index contributed by atoms with van der Waals surface area (Å²) in [5, 5.41) is 21.9. The number of fused-ring (bicyclic) bond motifs is 1. The Hall–Kier alpha value is -3.49. The summed E-state index contributed by atoms with van der Waals surface area (Å²) in [5.74, 6) is -0.945. The van der Waals surface area contributed by atoms with Gasteiger partial charge in [0.25, 0.3) is 0 Å². The maximum absolute atomic E-state index is 10.9. The van der Waals surface area contributed by atoms with Crippen molar-refractivity contribution in [2.45, 2.75) is 39.3 Å². The fourth-order valence-corrected chi connectivity index (χ4v) is 3.32. The lowest BCUT2D eigenvalue weighted by Gasteiger charge is -2.12. The zero-order valence-corrected chi connectivity index (χ0v) is 15.7. The molecule has 0 amide bonds. The van der Waals surface area contributed by atoms with Gasteiger partial charge in [-0.25, -0.2) is 9.50 Å². The highest BCUT2D eigenvalue weighted by Gasteiger charge is 2.15. The van der Waals surface area contributed by atoms with Crippen LogP contribution in [0.15, 0.2) is 43.2 Å². The Labute approximate surface area is 161 Å².